The van der Waals surface area contributed by atoms with Gasteiger partial charge in [-0.1, -0.05) is 25.1 Å². The average Bonchev–Trinajstić information content (AvgIpc) is 2.28. The second-order valence-electron chi connectivity index (χ2n) is 5.05. The quantitative estimate of drug-likeness (QED) is 0.842. The van der Waals surface area contributed by atoms with Crippen LogP contribution in [0.5, 0.6) is 5.75 Å². The van der Waals surface area contributed by atoms with Crippen molar-refractivity contribution in [2.75, 3.05) is 7.11 Å². The summed E-state index contributed by atoms with van der Waals surface area (Å²) in [7, 11) is 1.68. The number of hydrogen-bond donors (Lipinski definition) is 1. The predicted octanol–water partition coefficient (Wildman–Crippen LogP) is 2.79. The van der Waals surface area contributed by atoms with Gasteiger partial charge in [0, 0.05) is 12.5 Å². The molecular formula is C15H23NO2. The van der Waals surface area contributed by atoms with Crippen LogP contribution in [-0.4, -0.2) is 19.1 Å². The van der Waals surface area contributed by atoms with E-state index in [1.165, 1.54) is 0 Å². The minimum atomic E-state index is 0.118. The zero-order valence-electron chi connectivity index (χ0n) is 11.7. The number of benzene rings is 1. The van der Waals surface area contributed by atoms with E-state index < -0.39 is 0 Å². The topological polar surface area (TPSA) is 38.3 Å². The smallest absolute Gasteiger partial charge is 0.220 e. The summed E-state index contributed by atoms with van der Waals surface area (Å²) < 4.78 is 5.32. The molecular weight excluding hydrogens is 226 g/mol. The molecule has 100 valence electrons. The van der Waals surface area contributed by atoms with Gasteiger partial charge in [0.1, 0.15) is 5.75 Å². The highest BCUT2D eigenvalue weighted by atomic mass is 16.5. The van der Waals surface area contributed by atoms with Crippen LogP contribution in [0.25, 0.3) is 0 Å². The Bertz CT molecular complexity index is 388. The number of carbonyl (C=O) groups is 1. The van der Waals surface area contributed by atoms with Gasteiger partial charge >= 0.3 is 0 Å². The fourth-order valence-corrected chi connectivity index (χ4v) is 2.02. The largest absolute Gasteiger partial charge is 0.496 e. The molecule has 1 amide bonds. The van der Waals surface area contributed by atoms with Crippen molar-refractivity contribution in [3.8, 4) is 5.75 Å². The number of nitrogens with one attached hydrogen (secondary N) is 1. The number of amides is 1. The highest BCUT2D eigenvalue weighted by Gasteiger charge is 2.12. The number of hydrogen-bond acceptors (Lipinski definition) is 2. The molecule has 0 saturated carbocycles. The van der Waals surface area contributed by atoms with Crippen LogP contribution >= 0.6 is 0 Å². The van der Waals surface area contributed by atoms with Crippen LogP contribution in [0.15, 0.2) is 24.3 Å². The molecule has 0 aliphatic carbocycles. The maximum Gasteiger partial charge on any atom is 0.220 e. The van der Waals surface area contributed by atoms with Crippen LogP contribution in [0.2, 0.25) is 0 Å². The molecule has 0 aromatic heterocycles. The summed E-state index contributed by atoms with van der Waals surface area (Å²) >= 11 is 0. The van der Waals surface area contributed by atoms with Crippen molar-refractivity contribution in [1.29, 1.82) is 0 Å². The van der Waals surface area contributed by atoms with Gasteiger partial charge in [-0.15, -0.1) is 0 Å². The fourth-order valence-electron chi connectivity index (χ4n) is 2.02. The molecule has 0 saturated heterocycles. The third-order valence-electron chi connectivity index (χ3n) is 2.74. The number of carbonyl (C=O) groups excluding carboxylic acids is 1. The molecule has 1 atom stereocenters. The Balaban J connectivity index is 2.54. The van der Waals surface area contributed by atoms with Crippen LogP contribution in [0, 0.1) is 5.92 Å². The second kappa shape index (κ2) is 7.04. The molecule has 0 aliphatic rings. The molecule has 0 spiro atoms. The molecule has 0 unspecified atom stereocenters. The van der Waals surface area contributed by atoms with Gasteiger partial charge in [0.2, 0.25) is 5.91 Å². The molecule has 1 aromatic rings. The van der Waals surface area contributed by atoms with Gasteiger partial charge in [0.25, 0.3) is 0 Å². The van der Waals surface area contributed by atoms with E-state index in [-0.39, 0.29) is 11.9 Å². The molecule has 1 aromatic carbocycles. The summed E-state index contributed by atoms with van der Waals surface area (Å²) in [5.41, 5.74) is 1.16. The molecule has 0 fully saturated rings. The van der Waals surface area contributed by atoms with E-state index in [1.54, 1.807) is 7.11 Å². The Hall–Kier alpha value is -1.51. The highest BCUT2D eigenvalue weighted by Crippen LogP contribution is 2.21. The lowest BCUT2D eigenvalue weighted by atomic mass is 9.97. The molecule has 1 rings (SSSR count). The van der Waals surface area contributed by atoms with E-state index in [1.807, 2.05) is 32.0 Å². The van der Waals surface area contributed by atoms with Gasteiger partial charge in [-0.2, -0.15) is 0 Å². The zero-order valence-corrected chi connectivity index (χ0v) is 11.7. The van der Waals surface area contributed by atoms with E-state index in [0.29, 0.717) is 12.3 Å². The van der Waals surface area contributed by atoms with E-state index in [9.17, 15) is 4.79 Å². The van der Waals surface area contributed by atoms with Gasteiger partial charge in [-0.05, 0) is 37.8 Å². The summed E-state index contributed by atoms with van der Waals surface area (Å²) in [6.07, 6.45) is 1.41. The Morgan fingerprint density at radius 2 is 1.94 bits per heavy atom. The third kappa shape index (κ3) is 4.78. The predicted molar refractivity (Wildman–Crippen MR) is 73.8 cm³/mol. The molecule has 0 radical (unpaired) electrons. The zero-order chi connectivity index (χ0) is 13.5. The van der Waals surface area contributed by atoms with E-state index >= 15 is 0 Å². The number of methoxy groups -OCH3 is 1. The van der Waals surface area contributed by atoms with Gasteiger partial charge in [-0.25, -0.2) is 0 Å². The maximum atomic E-state index is 11.7. The van der Waals surface area contributed by atoms with Crippen LogP contribution in [0.1, 0.15) is 32.8 Å². The van der Waals surface area contributed by atoms with Gasteiger partial charge in [-0.3, -0.25) is 4.79 Å². The first-order valence-corrected chi connectivity index (χ1v) is 6.44. The number of para-hydroxylation sites is 1. The maximum absolute atomic E-state index is 11.7. The Morgan fingerprint density at radius 3 is 2.56 bits per heavy atom. The van der Waals surface area contributed by atoms with E-state index in [2.05, 4.69) is 18.3 Å². The van der Waals surface area contributed by atoms with E-state index in [4.69, 9.17) is 4.74 Å². The summed E-state index contributed by atoms with van der Waals surface area (Å²) in [6, 6.07) is 8.17. The minimum Gasteiger partial charge on any atom is -0.496 e. The van der Waals surface area contributed by atoms with Crippen molar-refractivity contribution in [2.24, 2.45) is 5.92 Å². The lowest BCUT2D eigenvalue weighted by Gasteiger charge is -2.15. The van der Waals surface area contributed by atoms with Crippen molar-refractivity contribution in [3.63, 3.8) is 0 Å². The summed E-state index contributed by atoms with van der Waals surface area (Å²) in [6.45, 7) is 6.04. The van der Waals surface area contributed by atoms with Gasteiger partial charge in [0.15, 0.2) is 0 Å². The molecule has 18 heavy (non-hydrogen) atoms. The van der Waals surface area contributed by atoms with Crippen LogP contribution in [0.3, 0.4) is 0 Å². The third-order valence-corrected chi connectivity index (χ3v) is 2.74. The Morgan fingerprint density at radius 1 is 1.28 bits per heavy atom. The number of ether oxygens (including phenoxy) is 1. The Kier molecular flexibility index (Phi) is 5.69. The molecule has 0 bridgehead atoms. The first-order valence-electron chi connectivity index (χ1n) is 6.44. The van der Waals surface area contributed by atoms with Crippen molar-refractivity contribution < 1.29 is 9.53 Å². The Labute approximate surface area is 110 Å². The molecule has 3 nitrogen and oxygen atoms in total. The fraction of sp³-hybridized carbons (Fsp3) is 0.533. The molecule has 0 heterocycles. The summed E-state index contributed by atoms with van der Waals surface area (Å²) in [5, 5.41) is 2.92. The summed E-state index contributed by atoms with van der Waals surface area (Å²) in [4.78, 5) is 11.7. The van der Waals surface area contributed by atoms with Crippen molar-refractivity contribution >= 4 is 5.91 Å². The lowest BCUT2D eigenvalue weighted by Crippen LogP contribution is -2.31. The second-order valence-corrected chi connectivity index (χ2v) is 5.05. The average molecular weight is 249 g/mol. The van der Waals surface area contributed by atoms with Crippen LogP contribution in [-0.2, 0) is 11.2 Å². The first-order chi connectivity index (χ1) is 8.52. The van der Waals surface area contributed by atoms with Crippen molar-refractivity contribution in [1.82, 2.24) is 5.32 Å². The van der Waals surface area contributed by atoms with Crippen molar-refractivity contribution in [2.45, 2.75) is 39.7 Å². The summed E-state index contributed by atoms with van der Waals surface area (Å²) in [5.74, 6) is 1.32. The SMILES string of the molecule is COc1ccccc1C[C@H](C)CC(=O)NC(C)C. The normalized spacial score (nSPS) is 12.3. The first kappa shape index (κ1) is 14.6. The van der Waals surface area contributed by atoms with Gasteiger partial charge in [0.05, 0.1) is 7.11 Å². The molecule has 0 aliphatic heterocycles. The standard InChI is InChI=1S/C15H23NO2/c1-11(2)16-15(17)10-12(3)9-13-7-5-6-8-14(13)18-4/h5-8,11-12H,9-10H2,1-4H3,(H,16,17)/t12-/m0/s1. The lowest BCUT2D eigenvalue weighted by molar-refractivity contribution is -0.122. The molecule has 3 heteroatoms. The molecule has 1 N–H and O–H groups in total. The highest BCUT2D eigenvalue weighted by molar-refractivity contribution is 5.76. The van der Waals surface area contributed by atoms with Crippen LogP contribution < -0.4 is 10.1 Å². The minimum absolute atomic E-state index is 0.118. The van der Waals surface area contributed by atoms with Crippen molar-refractivity contribution in [3.05, 3.63) is 29.8 Å². The van der Waals surface area contributed by atoms with E-state index in [0.717, 1.165) is 17.7 Å². The number of rotatable bonds is 6. The van der Waals surface area contributed by atoms with Crippen LogP contribution in [0.4, 0.5) is 0 Å². The van der Waals surface area contributed by atoms with Gasteiger partial charge < -0.3 is 10.1 Å². The monoisotopic (exact) mass is 249 g/mol.